The highest BCUT2D eigenvalue weighted by atomic mass is 79.9. The molecule has 2 aliphatic rings. The summed E-state index contributed by atoms with van der Waals surface area (Å²) in [7, 11) is 0. The van der Waals surface area contributed by atoms with Crippen LogP contribution in [0.5, 0.6) is 0 Å². The van der Waals surface area contributed by atoms with Crippen molar-refractivity contribution in [2.75, 3.05) is 19.7 Å². The molecule has 0 aliphatic carbocycles. The lowest BCUT2D eigenvalue weighted by Crippen LogP contribution is -2.59. The second-order valence-corrected chi connectivity index (χ2v) is 9.11. The summed E-state index contributed by atoms with van der Waals surface area (Å²) in [5, 5.41) is 15.7. The summed E-state index contributed by atoms with van der Waals surface area (Å²) in [5.74, 6) is -0.339. The third kappa shape index (κ3) is 4.43. The minimum atomic E-state index is -0.703. The number of carbonyl (C=O) groups is 1. The lowest BCUT2D eigenvalue weighted by molar-refractivity contribution is -0.139. The minimum absolute atomic E-state index is 0.0315. The van der Waals surface area contributed by atoms with Crippen molar-refractivity contribution in [3.63, 3.8) is 0 Å². The Labute approximate surface area is 191 Å². The maximum Gasteiger partial charge on any atom is 0.338 e. The first kappa shape index (κ1) is 22.1. The second-order valence-electron chi connectivity index (χ2n) is 7.36. The van der Waals surface area contributed by atoms with E-state index >= 15 is 0 Å². The zero-order valence-corrected chi connectivity index (χ0v) is 19.4. The van der Waals surface area contributed by atoms with Crippen molar-refractivity contribution >= 4 is 39.1 Å². The number of halogens is 2. The number of aliphatic imine (C=N–C) groups is 1. The zero-order chi connectivity index (χ0) is 22.1. The molecule has 1 fully saturated rings. The number of hydrogen-bond donors (Lipinski definition) is 2. The Hall–Kier alpha value is -2.14. The zero-order valence-electron chi connectivity index (χ0n) is 17.0. The van der Waals surface area contributed by atoms with Gasteiger partial charge in [0.15, 0.2) is 10.8 Å². The number of ether oxygens (including phenoxy) is 1. The summed E-state index contributed by atoms with van der Waals surface area (Å²) in [5.41, 5.74) is 1.65. The molecule has 7 nitrogen and oxygen atoms in total. The molecule has 3 heterocycles. The van der Waals surface area contributed by atoms with Crippen LogP contribution in [0.25, 0.3) is 0 Å². The molecule has 1 aromatic heterocycles. The predicted octanol–water partition coefficient (Wildman–Crippen LogP) is 3.02. The van der Waals surface area contributed by atoms with Gasteiger partial charge < -0.3 is 15.2 Å². The van der Waals surface area contributed by atoms with Gasteiger partial charge in [-0.1, -0.05) is 22.0 Å². The van der Waals surface area contributed by atoms with Crippen molar-refractivity contribution in [2.45, 2.75) is 32.0 Å². The summed E-state index contributed by atoms with van der Waals surface area (Å²) < 4.78 is 19.6. The van der Waals surface area contributed by atoms with E-state index in [-0.39, 0.29) is 18.5 Å². The van der Waals surface area contributed by atoms with E-state index in [0.29, 0.717) is 45.2 Å². The Morgan fingerprint density at radius 3 is 2.90 bits per heavy atom. The quantitative estimate of drug-likeness (QED) is 0.583. The molecule has 2 N–H and O–H groups in total. The van der Waals surface area contributed by atoms with Crippen LogP contribution in [-0.2, 0) is 9.53 Å². The number of aliphatic hydroxyl groups is 1. The molecule has 10 heteroatoms. The summed E-state index contributed by atoms with van der Waals surface area (Å²) in [6, 6.07) is 3.58. The number of nitrogens with one attached hydrogen (secondary N) is 1. The maximum atomic E-state index is 13.8. The van der Waals surface area contributed by atoms with Crippen molar-refractivity contribution in [2.24, 2.45) is 4.99 Å². The topological polar surface area (TPSA) is 87.0 Å². The standard InChI is InChI=1S/C21H22BrFN4O3S/c1-3-30-21(29)17-15(9-27-10-16(28)11(27)2)25-19(20-24-6-7-31-20)26-18(17)13-5-4-12(23)8-14(13)22/h4-8,11,16,18,28H,3,9-10H2,1-2H3,(H,25,26)/t11?,16?,18-/m0/s1. The lowest BCUT2D eigenvalue weighted by atomic mass is 9.94. The molecule has 31 heavy (non-hydrogen) atoms. The summed E-state index contributed by atoms with van der Waals surface area (Å²) in [4.78, 5) is 24.2. The van der Waals surface area contributed by atoms with Crippen LogP contribution in [0, 0.1) is 5.82 Å². The van der Waals surface area contributed by atoms with Crippen LogP contribution in [0.4, 0.5) is 4.39 Å². The van der Waals surface area contributed by atoms with Gasteiger partial charge in [-0.25, -0.2) is 14.2 Å². The number of aliphatic hydroxyl groups excluding tert-OH is 1. The highest BCUT2D eigenvalue weighted by molar-refractivity contribution is 9.10. The molecule has 0 saturated carbocycles. The number of esters is 1. The monoisotopic (exact) mass is 508 g/mol. The molecule has 1 saturated heterocycles. The second kappa shape index (κ2) is 9.15. The van der Waals surface area contributed by atoms with Gasteiger partial charge in [-0.15, -0.1) is 11.3 Å². The van der Waals surface area contributed by atoms with E-state index in [0.717, 1.165) is 0 Å². The number of rotatable bonds is 6. The van der Waals surface area contributed by atoms with Crippen molar-refractivity contribution in [3.05, 3.63) is 61.9 Å². The van der Waals surface area contributed by atoms with E-state index < -0.39 is 18.1 Å². The van der Waals surface area contributed by atoms with Crippen molar-refractivity contribution in [3.8, 4) is 0 Å². The van der Waals surface area contributed by atoms with E-state index in [1.165, 1.54) is 23.5 Å². The Morgan fingerprint density at radius 2 is 2.29 bits per heavy atom. The number of carbonyl (C=O) groups excluding carboxylic acids is 1. The smallest absolute Gasteiger partial charge is 0.338 e. The molecule has 3 atom stereocenters. The van der Waals surface area contributed by atoms with E-state index in [1.807, 2.05) is 12.3 Å². The number of likely N-dealkylation sites (tertiary alicyclic amines) is 1. The first-order valence-electron chi connectivity index (χ1n) is 9.91. The van der Waals surface area contributed by atoms with Crippen LogP contribution in [0.1, 0.15) is 30.5 Å². The van der Waals surface area contributed by atoms with Gasteiger partial charge in [0.25, 0.3) is 0 Å². The Kier molecular flexibility index (Phi) is 6.52. The van der Waals surface area contributed by atoms with Crippen LogP contribution >= 0.6 is 27.3 Å². The molecule has 0 spiro atoms. The average Bonchev–Trinajstić information content (AvgIpc) is 3.28. The maximum absolute atomic E-state index is 13.8. The van der Waals surface area contributed by atoms with Crippen molar-refractivity contribution < 1.29 is 19.0 Å². The van der Waals surface area contributed by atoms with E-state index in [2.05, 4.69) is 31.1 Å². The fraction of sp³-hybridized carbons (Fsp3) is 0.381. The van der Waals surface area contributed by atoms with Gasteiger partial charge in [-0.05, 0) is 31.5 Å². The third-order valence-electron chi connectivity index (χ3n) is 5.43. The van der Waals surface area contributed by atoms with Crippen LogP contribution < -0.4 is 5.32 Å². The van der Waals surface area contributed by atoms with E-state index in [9.17, 15) is 14.3 Å². The van der Waals surface area contributed by atoms with Crippen LogP contribution in [0.15, 0.2) is 50.5 Å². The first-order chi connectivity index (χ1) is 14.9. The Bertz CT molecular complexity index is 1040. The minimum Gasteiger partial charge on any atom is -0.463 e. The van der Waals surface area contributed by atoms with Crippen molar-refractivity contribution in [1.82, 2.24) is 15.2 Å². The van der Waals surface area contributed by atoms with Gasteiger partial charge in [-0.3, -0.25) is 9.89 Å². The molecular formula is C21H22BrFN4O3S. The number of nitrogens with zero attached hydrogens (tertiary/aromatic N) is 3. The molecular weight excluding hydrogens is 487 g/mol. The van der Waals surface area contributed by atoms with E-state index in [4.69, 9.17) is 9.73 Å². The predicted molar refractivity (Wildman–Crippen MR) is 119 cm³/mol. The molecule has 2 unspecified atom stereocenters. The van der Waals surface area contributed by atoms with Gasteiger partial charge >= 0.3 is 5.97 Å². The first-order valence-corrected chi connectivity index (χ1v) is 11.6. The summed E-state index contributed by atoms with van der Waals surface area (Å²) in [6.07, 6.45) is 1.29. The molecule has 0 amide bonds. The fourth-order valence-corrected chi connectivity index (χ4v) is 4.80. The highest BCUT2D eigenvalue weighted by Crippen LogP contribution is 2.37. The summed E-state index contributed by atoms with van der Waals surface area (Å²) >= 11 is 4.85. The highest BCUT2D eigenvalue weighted by Gasteiger charge is 2.38. The van der Waals surface area contributed by atoms with Gasteiger partial charge in [0.1, 0.15) is 11.9 Å². The normalized spacial score (nSPS) is 23.8. The third-order valence-corrected chi connectivity index (χ3v) is 6.90. The van der Waals surface area contributed by atoms with Gasteiger partial charge in [0, 0.05) is 40.9 Å². The van der Waals surface area contributed by atoms with Gasteiger partial charge in [-0.2, -0.15) is 0 Å². The molecule has 2 aliphatic heterocycles. The molecule has 0 bridgehead atoms. The molecule has 2 aromatic rings. The Balaban J connectivity index is 1.82. The summed E-state index contributed by atoms with van der Waals surface area (Å²) in [6.45, 7) is 4.82. The van der Waals surface area contributed by atoms with Crippen LogP contribution in [0.3, 0.4) is 0 Å². The Morgan fingerprint density at radius 1 is 1.48 bits per heavy atom. The van der Waals surface area contributed by atoms with Crippen LogP contribution in [-0.4, -0.2) is 58.6 Å². The van der Waals surface area contributed by atoms with Gasteiger partial charge in [0.2, 0.25) is 0 Å². The number of thiazole rings is 1. The molecule has 4 rings (SSSR count). The molecule has 1 aromatic carbocycles. The fourth-order valence-electron chi connectivity index (χ4n) is 3.64. The number of aromatic nitrogens is 1. The van der Waals surface area contributed by atoms with Gasteiger partial charge in [0.05, 0.1) is 18.3 Å². The van der Waals surface area contributed by atoms with Crippen molar-refractivity contribution in [1.29, 1.82) is 0 Å². The SMILES string of the molecule is CCOC(=O)C1=C(CN2CC(O)C2C)NC(c2nccs2)=N[C@H]1c1ccc(F)cc1Br. The molecule has 0 radical (unpaired) electrons. The van der Waals surface area contributed by atoms with Crippen LogP contribution in [0.2, 0.25) is 0 Å². The molecule has 164 valence electrons. The number of benzene rings is 1. The number of hydrogen-bond acceptors (Lipinski definition) is 8. The van der Waals surface area contributed by atoms with E-state index in [1.54, 1.807) is 19.2 Å². The number of amidine groups is 1. The number of β-amino-alcohol motifs (C(OH)–C–C–N with tert-alkyl or cyclic N) is 1. The lowest BCUT2D eigenvalue weighted by Gasteiger charge is -2.44. The average molecular weight is 509 g/mol. The largest absolute Gasteiger partial charge is 0.463 e.